The molecule has 3 aromatic rings. The Morgan fingerprint density at radius 2 is 2.14 bits per heavy atom. The van der Waals surface area contributed by atoms with Gasteiger partial charge in [-0.3, -0.25) is 0 Å². The molecule has 0 aliphatic carbocycles. The molecule has 0 saturated heterocycles. The standard InChI is InChI=1S/C14H16ClN7/c1-4-22-14(11-8-16-20-18-11)17-13(19-22)9-5-6-12(21(2)3)10(15)7-9/h5-8H,4H2,1-3H3,(H,16,18,20). The summed E-state index contributed by atoms with van der Waals surface area (Å²) in [4.78, 5) is 6.53. The second kappa shape index (κ2) is 5.76. The lowest BCUT2D eigenvalue weighted by molar-refractivity contribution is 0.666. The first-order valence-electron chi connectivity index (χ1n) is 6.88. The van der Waals surface area contributed by atoms with Gasteiger partial charge in [0.2, 0.25) is 0 Å². The van der Waals surface area contributed by atoms with Crippen molar-refractivity contribution in [2.75, 3.05) is 19.0 Å². The minimum atomic E-state index is 0.618. The van der Waals surface area contributed by atoms with Crippen LogP contribution in [0.4, 0.5) is 5.69 Å². The molecule has 0 amide bonds. The third-order valence-electron chi connectivity index (χ3n) is 3.30. The van der Waals surface area contributed by atoms with E-state index < -0.39 is 0 Å². The van der Waals surface area contributed by atoms with Gasteiger partial charge in [0.1, 0.15) is 5.69 Å². The fraction of sp³-hybridized carbons (Fsp3) is 0.286. The molecule has 2 heterocycles. The minimum absolute atomic E-state index is 0.618. The van der Waals surface area contributed by atoms with Gasteiger partial charge >= 0.3 is 0 Å². The van der Waals surface area contributed by atoms with E-state index in [1.807, 2.05) is 44.1 Å². The van der Waals surface area contributed by atoms with Crippen molar-refractivity contribution in [2.24, 2.45) is 0 Å². The normalized spacial score (nSPS) is 10.9. The molecule has 0 bridgehead atoms. The Hall–Kier alpha value is -2.41. The molecule has 22 heavy (non-hydrogen) atoms. The fourth-order valence-electron chi connectivity index (χ4n) is 2.19. The molecule has 1 N–H and O–H groups in total. The minimum Gasteiger partial charge on any atom is -0.376 e. The van der Waals surface area contributed by atoms with Gasteiger partial charge in [-0.25, -0.2) is 9.67 Å². The van der Waals surface area contributed by atoms with Gasteiger partial charge in [-0.2, -0.15) is 20.5 Å². The predicted molar refractivity (Wildman–Crippen MR) is 85.8 cm³/mol. The average molecular weight is 318 g/mol. The first-order chi connectivity index (χ1) is 10.6. The third-order valence-corrected chi connectivity index (χ3v) is 3.61. The first kappa shape index (κ1) is 14.5. The summed E-state index contributed by atoms with van der Waals surface area (Å²) in [5.41, 5.74) is 2.49. The van der Waals surface area contributed by atoms with Crippen LogP contribution in [-0.2, 0) is 6.54 Å². The quantitative estimate of drug-likeness (QED) is 0.800. The van der Waals surface area contributed by atoms with Crippen molar-refractivity contribution in [3.63, 3.8) is 0 Å². The van der Waals surface area contributed by atoms with Crippen LogP contribution in [0.1, 0.15) is 6.92 Å². The SMILES string of the molecule is CCn1nc(-c2ccc(N(C)C)c(Cl)c2)nc1-c1cn[nH]n1. The van der Waals surface area contributed by atoms with Crippen LogP contribution in [0.2, 0.25) is 5.02 Å². The number of anilines is 1. The summed E-state index contributed by atoms with van der Waals surface area (Å²) in [6, 6.07) is 5.79. The zero-order valence-electron chi connectivity index (χ0n) is 12.6. The average Bonchev–Trinajstić information content (AvgIpc) is 3.15. The molecule has 0 aliphatic heterocycles. The van der Waals surface area contributed by atoms with Gasteiger partial charge in [0.15, 0.2) is 11.6 Å². The van der Waals surface area contributed by atoms with E-state index in [9.17, 15) is 0 Å². The van der Waals surface area contributed by atoms with Crippen LogP contribution < -0.4 is 4.90 Å². The van der Waals surface area contributed by atoms with Gasteiger partial charge in [0.05, 0.1) is 16.9 Å². The second-order valence-corrected chi connectivity index (χ2v) is 5.40. The number of nitrogens with zero attached hydrogens (tertiary/aromatic N) is 6. The maximum atomic E-state index is 6.32. The predicted octanol–water partition coefficient (Wildman–Crippen LogP) is 2.47. The maximum Gasteiger partial charge on any atom is 0.181 e. The zero-order chi connectivity index (χ0) is 15.7. The molecule has 114 valence electrons. The van der Waals surface area contributed by atoms with Gasteiger partial charge < -0.3 is 4.90 Å². The molecular formula is C14H16ClN7. The summed E-state index contributed by atoms with van der Waals surface area (Å²) in [5, 5.41) is 15.7. The summed E-state index contributed by atoms with van der Waals surface area (Å²) in [5.74, 6) is 1.30. The van der Waals surface area contributed by atoms with E-state index >= 15 is 0 Å². The van der Waals surface area contributed by atoms with Crippen LogP contribution >= 0.6 is 11.6 Å². The van der Waals surface area contributed by atoms with Crippen molar-refractivity contribution in [3.05, 3.63) is 29.4 Å². The van der Waals surface area contributed by atoms with Crippen LogP contribution in [0, 0.1) is 0 Å². The molecular weight excluding hydrogens is 302 g/mol. The molecule has 0 aliphatic rings. The van der Waals surface area contributed by atoms with Crippen molar-refractivity contribution in [3.8, 4) is 22.9 Å². The van der Waals surface area contributed by atoms with E-state index in [2.05, 4.69) is 25.5 Å². The Labute approximate surface area is 132 Å². The van der Waals surface area contributed by atoms with E-state index in [1.165, 1.54) is 0 Å². The van der Waals surface area contributed by atoms with Crippen LogP contribution in [0.15, 0.2) is 24.4 Å². The molecule has 0 radical (unpaired) electrons. The molecule has 8 heteroatoms. The highest BCUT2D eigenvalue weighted by molar-refractivity contribution is 6.33. The Bertz CT molecular complexity index is 777. The molecule has 0 saturated carbocycles. The smallest absolute Gasteiger partial charge is 0.181 e. The molecule has 0 fully saturated rings. The lowest BCUT2D eigenvalue weighted by Gasteiger charge is -2.14. The van der Waals surface area contributed by atoms with Crippen molar-refractivity contribution in [1.82, 2.24) is 30.2 Å². The van der Waals surface area contributed by atoms with Gasteiger partial charge in [-0.15, -0.1) is 0 Å². The highest BCUT2D eigenvalue weighted by Gasteiger charge is 2.15. The van der Waals surface area contributed by atoms with Gasteiger partial charge in [-0.1, -0.05) is 11.6 Å². The van der Waals surface area contributed by atoms with Crippen LogP contribution in [0.5, 0.6) is 0 Å². The number of H-pyrrole nitrogens is 1. The van der Waals surface area contributed by atoms with Crippen molar-refractivity contribution in [2.45, 2.75) is 13.5 Å². The number of aromatic nitrogens is 6. The molecule has 0 atom stereocenters. The Morgan fingerprint density at radius 3 is 2.73 bits per heavy atom. The van der Waals surface area contributed by atoms with Crippen molar-refractivity contribution >= 4 is 17.3 Å². The number of benzene rings is 1. The summed E-state index contributed by atoms with van der Waals surface area (Å²) >= 11 is 6.32. The van der Waals surface area contributed by atoms with Crippen molar-refractivity contribution in [1.29, 1.82) is 0 Å². The number of nitrogens with one attached hydrogen (secondary N) is 1. The van der Waals surface area contributed by atoms with E-state index in [4.69, 9.17) is 11.6 Å². The molecule has 7 nitrogen and oxygen atoms in total. The van der Waals surface area contributed by atoms with E-state index in [-0.39, 0.29) is 0 Å². The van der Waals surface area contributed by atoms with E-state index in [0.29, 0.717) is 28.9 Å². The Balaban J connectivity index is 2.04. The lowest BCUT2D eigenvalue weighted by atomic mass is 10.2. The fourth-order valence-corrected chi connectivity index (χ4v) is 2.54. The van der Waals surface area contributed by atoms with Gasteiger partial charge in [0.25, 0.3) is 0 Å². The monoisotopic (exact) mass is 317 g/mol. The maximum absolute atomic E-state index is 6.32. The van der Waals surface area contributed by atoms with Crippen LogP contribution in [0.25, 0.3) is 22.9 Å². The molecule has 0 unspecified atom stereocenters. The highest BCUT2D eigenvalue weighted by Crippen LogP contribution is 2.29. The van der Waals surface area contributed by atoms with E-state index in [1.54, 1.807) is 10.9 Å². The Kier molecular flexibility index (Phi) is 3.81. The topological polar surface area (TPSA) is 75.5 Å². The number of rotatable bonds is 4. The zero-order valence-corrected chi connectivity index (χ0v) is 13.3. The van der Waals surface area contributed by atoms with Crippen LogP contribution in [-0.4, -0.2) is 44.3 Å². The number of hydrogen-bond acceptors (Lipinski definition) is 5. The summed E-state index contributed by atoms with van der Waals surface area (Å²) in [6.45, 7) is 2.70. The lowest BCUT2D eigenvalue weighted by Crippen LogP contribution is -2.08. The molecule has 1 aromatic carbocycles. The molecule has 3 rings (SSSR count). The molecule has 2 aromatic heterocycles. The Morgan fingerprint density at radius 1 is 1.32 bits per heavy atom. The number of halogens is 1. The second-order valence-electron chi connectivity index (χ2n) is 4.99. The summed E-state index contributed by atoms with van der Waals surface area (Å²) < 4.78 is 1.79. The summed E-state index contributed by atoms with van der Waals surface area (Å²) in [6.07, 6.45) is 1.63. The number of aromatic amines is 1. The number of hydrogen-bond donors (Lipinski definition) is 1. The summed E-state index contributed by atoms with van der Waals surface area (Å²) in [7, 11) is 3.90. The highest BCUT2D eigenvalue weighted by atomic mass is 35.5. The van der Waals surface area contributed by atoms with Gasteiger partial charge in [0, 0.05) is 26.2 Å². The van der Waals surface area contributed by atoms with Crippen LogP contribution in [0.3, 0.4) is 0 Å². The largest absolute Gasteiger partial charge is 0.376 e. The van der Waals surface area contributed by atoms with E-state index in [0.717, 1.165) is 11.3 Å². The molecule has 0 spiro atoms. The first-order valence-corrected chi connectivity index (χ1v) is 7.26. The van der Waals surface area contributed by atoms with Crippen molar-refractivity contribution < 1.29 is 0 Å². The third kappa shape index (κ3) is 2.55. The van der Waals surface area contributed by atoms with Gasteiger partial charge in [-0.05, 0) is 25.1 Å². The number of aryl methyl sites for hydroxylation is 1.